The van der Waals surface area contributed by atoms with Gasteiger partial charge in [-0.25, -0.2) is 0 Å². The third-order valence-corrected chi connectivity index (χ3v) is 3.50. The number of hydrogen-bond acceptors (Lipinski definition) is 4. The summed E-state index contributed by atoms with van der Waals surface area (Å²) in [5.41, 5.74) is 2.02. The van der Waals surface area contributed by atoms with Crippen LogP contribution in [0.25, 0.3) is 0 Å². The van der Waals surface area contributed by atoms with E-state index in [-0.39, 0.29) is 5.91 Å². The quantitative estimate of drug-likeness (QED) is 0.851. The van der Waals surface area contributed by atoms with Crippen LogP contribution in [0.5, 0.6) is 0 Å². The van der Waals surface area contributed by atoms with E-state index in [1.54, 1.807) is 0 Å². The Balaban J connectivity index is 1.49. The summed E-state index contributed by atoms with van der Waals surface area (Å²) in [4.78, 5) is 11.9. The lowest BCUT2D eigenvalue weighted by molar-refractivity contribution is -0.142. The highest BCUT2D eigenvalue weighted by molar-refractivity contribution is 5.94. The molecular weight excluding hydrogens is 256 g/mol. The second-order valence-electron chi connectivity index (χ2n) is 5.28. The molecule has 1 aliphatic heterocycles. The molecule has 1 aromatic carbocycles. The van der Waals surface area contributed by atoms with Gasteiger partial charge in [-0.2, -0.15) is 0 Å². The highest BCUT2D eigenvalue weighted by Crippen LogP contribution is 2.19. The monoisotopic (exact) mass is 276 g/mol. The Morgan fingerprint density at radius 3 is 2.65 bits per heavy atom. The van der Waals surface area contributed by atoms with E-state index in [0.29, 0.717) is 25.9 Å². The Bertz CT molecular complexity index is 451. The van der Waals surface area contributed by atoms with Gasteiger partial charge < -0.3 is 20.1 Å². The van der Waals surface area contributed by atoms with Crippen molar-refractivity contribution in [2.45, 2.75) is 31.5 Å². The lowest BCUT2D eigenvalue weighted by Crippen LogP contribution is -2.39. The van der Waals surface area contributed by atoms with E-state index < -0.39 is 6.10 Å². The first kappa shape index (κ1) is 13.5. The molecule has 1 saturated heterocycles. The van der Waals surface area contributed by atoms with E-state index in [9.17, 15) is 4.79 Å². The minimum atomic E-state index is -0.500. The lowest BCUT2D eigenvalue weighted by atomic mass is 10.2. The molecule has 5 heteroatoms. The summed E-state index contributed by atoms with van der Waals surface area (Å²) in [5.74, 6) is -0.145. The van der Waals surface area contributed by atoms with Gasteiger partial charge in [-0.3, -0.25) is 4.79 Å². The number of rotatable bonds is 5. The van der Waals surface area contributed by atoms with E-state index in [1.165, 1.54) is 18.4 Å². The maximum Gasteiger partial charge on any atom is 0.255 e. The molecule has 2 aliphatic rings. The van der Waals surface area contributed by atoms with Gasteiger partial charge in [0, 0.05) is 18.3 Å². The molecule has 2 fully saturated rings. The summed E-state index contributed by atoms with van der Waals surface area (Å²) in [6, 6.07) is 8.61. The molecule has 0 spiro atoms. The van der Waals surface area contributed by atoms with E-state index in [4.69, 9.17) is 9.47 Å². The first-order chi connectivity index (χ1) is 9.81. The largest absolute Gasteiger partial charge is 0.376 e. The SMILES string of the molecule is O=C(Nc1ccc(CNC2CC2)cc1)C1COCCO1. The van der Waals surface area contributed by atoms with Crippen LogP contribution in [0.15, 0.2) is 24.3 Å². The number of hydrogen-bond donors (Lipinski definition) is 2. The van der Waals surface area contributed by atoms with Crippen molar-refractivity contribution < 1.29 is 14.3 Å². The van der Waals surface area contributed by atoms with Crippen LogP contribution in [0.3, 0.4) is 0 Å². The highest BCUT2D eigenvalue weighted by atomic mass is 16.6. The first-order valence-corrected chi connectivity index (χ1v) is 7.14. The van der Waals surface area contributed by atoms with Crippen molar-refractivity contribution in [2.24, 2.45) is 0 Å². The van der Waals surface area contributed by atoms with Gasteiger partial charge in [0.2, 0.25) is 0 Å². The van der Waals surface area contributed by atoms with Gasteiger partial charge in [0.25, 0.3) is 5.91 Å². The van der Waals surface area contributed by atoms with Crippen molar-refractivity contribution in [3.05, 3.63) is 29.8 Å². The first-order valence-electron chi connectivity index (χ1n) is 7.14. The zero-order chi connectivity index (χ0) is 13.8. The van der Waals surface area contributed by atoms with Gasteiger partial charge in [0.15, 0.2) is 6.10 Å². The third kappa shape index (κ3) is 3.79. The number of ether oxygens (including phenoxy) is 2. The molecule has 1 atom stereocenters. The standard InChI is InChI=1S/C15H20N2O3/c18-15(14-10-19-7-8-20-14)17-13-3-1-11(2-4-13)9-16-12-5-6-12/h1-4,12,14,16H,5-10H2,(H,17,18). The van der Waals surface area contributed by atoms with Gasteiger partial charge in [-0.05, 0) is 30.5 Å². The molecule has 5 nitrogen and oxygen atoms in total. The molecule has 1 saturated carbocycles. The summed E-state index contributed by atoms with van der Waals surface area (Å²) in [5, 5.41) is 6.31. The van der Waals surface area contributed by atoms with E-state index >= 15 is 0 Å². The Morgan fingerprint density at radius 2 is 2.00 bits per heavy atom. The second kappa shape index (κ2) is 6.35. The Morgan fingerprint density at radius 1 is 1.20 bits per heavy atom. The predicted molar refractivity (Wildman–Crippen MR) is 75.5 cm³/mol. The highest BCUT2D eigenvalue weighted by Gasteiger charge is 2.22. The number of benzene rings is 1. The average Bonchev–Trinajstić information content (AvgIpc) is 3.32. The Labute approximate surface area is 118 Å². The molecule has 1 unspecified atom stereocenters. The predicted octanol–water partition coefficient (Wildman–Crippen LogP) is 1.29. The maximum absolute atomic E-state index is 11.9. The van der Waals surface area contributed by atoms with Crippen LogP contribution >= 0.6 is 0 Å². The Hall–Kier alpha value is -1.43. The lowest BCUT2D eigenvalue weighted by Gasteiger charge is -2.22. The smallest absolute Gasteiger partial charge is 0.255 e. The molecule has 1 aliphatic carbocycles. The summed E-state index contributed by atoms with van der Waals surface area (Å²) in [6.07, 6.45) is 2.08. The zero-order valence-corrected chi connectivity index (χ0v) is 11.4. The van der Waals surface area contributed by atoms with Crippen LogP contribution < -0.4 is 10.6 Å². The molecule has 1 amide bonds. The average molecular weight is 276 g/mol. The number of carbonyl (C=O) groups is 1. The van der Waals surface area contributed by atoms with E-state index in [1.807, 2.05) is 24.3 Å². The van der Waals surface area contributed by atoms with Crippen molar-refractivity contribution in [1.82, 2.24) is 5.32 Å². The maximum atomic E-state index is 11.9. The summed E-state index contributed by atoms with van der Waals surface area (Å²) >= 11 is 0. The van der Waals surface area contributed by atoms with Crippen LogP contribution in [0, 0.1) is 0 Å². The fraction of sp³-hybridized carbons (Fsp3) is 0.533. The molecule has 108 valence electrons. The van der Waals surface area contributed by atoms with Crippen molar-refractivity contribution >= 4 is 11.6 Å². The molecule has 1 aromatic rings. The Kier molecular flexibility index (Phi) is 4.30. The third-order valence-electron chi connectivity index (χ3n) is 3.50. The summed E-state index contributed by atoms with van der Waals surface area (Å²) in [6.45, 7) is 2.25. The van der Waals surface area contributed by atoms with Crippen molar-refractivity contribution in [3.8, 4) is 0 Å². The minimum Gasteiger partial charge on any atom is -0.376 e. The van der Waals surface area contributed by atoms with Gasteiger partial charge in [0.1, 0.15) is 0 Å². The molecule has 0 bridgehead atoms. The van der Waals surface area contributed by atoms with Crippen LogP contribution in [-0.2, 0) is 20.8 Å². The van der Waals surface area contributed by atoms with E-state index in [2.05, 4.69) is 10.6 Å². The molecule has 2 N–H and O–H groups in total. The van der Waals surface area contributed by atoms with Crippen LogP contribution in [-0.4, -0.2) is 37.9 Å². The van der Waals surface area contributed by atoms with Gasteiger partial charge in [-0.15, -0.1) is 0 Å². The molecule has 3 rings (SSSR count). The molecular formula is C15H20N2O3. The number of carbonyl (C=O) groups excluding carboxylic acids is 1. The van der Waals surface area contributed by atoms with Gasteiger partial charge in [-0.1, -0.05) is 12.1 Å². The minimum absolute atomic E-state index is 0.145. The van der Waals surface area contributed by atoms with Crippen molar-refractivity contribution in [2.75, 3.05) is 25.1 Å². The zero-order valence-electron chi connectivity index (χ0n) is 11.4. The van der Waals surface area contributed by atoms with Crippen molar-refractivity contribution in [1.29, 1.82) is 0 Å². The van der Waals surface area contributed by atoms with E-state index in [0.717, 1.165) is 12.2 Å². The fourth-order valence-electron chi connectivity index (χ4n) is 2.12. The second-order valence-corrected chi connectivity index (χ2v) is 5.28. The van der Waals surface area contributed by atoms with Gasteiger partial charge in [0.05, 0.1) is 19.8 Å². The van der Waals surface area contributed by atoms with Gasteiger partial charge >= 0.3 is 0 Å². The molecule has 0 aromatic heterocycles. The topological polar surface area (TPSA) is 59.6 Å². The number of amides is 1. The fourth-order valence-corrected chi connectivity index (χ4v) is 2.12. The van der Waals surface area contributed by atoms with Crippen LogP contribution in [0.1, 0.15) is 18.4 Å². The van der Waals surface area contributed by atoms with Crippen LogP contribution in [0.4, 0.5) is 5.69 Å². The van der Waals surface area contributed by atoms with Crippen LogP contribution in [0.2, 0.25) is 0 Å². The molecule has 0 radical (unpaired) electrons. The number of nitrogens with one attached hydrogen (secondary N) is 2. The number of anilines is 1. The molecule has 20 heavy (non-hydrogen) atoms. The molecule has 1 heterocycles. The summed E-state index contributed by atoms with van der Waals surface area (Å²) in [7, 11) is 0. The van der Waals surface area contributed by atoms with Crippen molar-refractivity contribution in [3.63, 3.8) is 0 Å². The summed E-state index contributed by atoms with van der Waals surface area (Å²) < 4.78 is 10.6. The normalized spacial score (nSPS) is 22.5.